The molecule has 1 saturated heterocycles. The minimum absolute atomic E-state index is 0.0154. The van der Waals surface area contributed by atoms with E-state index in [0.717, 1.165) is 31.4 Å². The lowest BCUT2D eigenvalue weighted by molar-refractivity contribution is -0.110. The van der Waals surface area contributed by atoms with Crippen molar-refractivity contribution in [2.45, 2.75) is 91.9 Å². The Labute approximate surface area is 167 Å². The SMILES string of the molecule is CC(C)CC[C@]1(CCNCc2ccc(OC(C)C)cc2)CCOC(C)(C)C1. The molecule has 1 atom stereocenters. The number of rotatable bonds is 10. The lowest BCUT2D eigenvalue weighted by Crippen LogP contribution is -2.42. The molecule has 0 saturated carbocycles. The van der Waals surface area contributed by atoms with E-state index in [4.69, 9.17) is 9.47 Å². The van der Waals surface area contributed by atoms with Gasteiger partial charge in [0.25, 0.3) is 0 Å². The van der Waals surface area contributed by atoms with Crippen LogP contribution in [0.3, 0.4) is 0 Å². The molecule has 3 heteroatoms. The maximum atomic E-state index is 6.01. The minimum atomic E-state index is 0.0154. The lowest BCUT2D eigenvalue weighted by atomic mass is 9.68. The van der Waals surface area contributed by atoms with E-state index in [1.165, 1.54) is 37.7 Å². The first-order valence-corrected chi connectivity index (χ1v) is 10.8. The summed E-state index contributed by atoms with van der Waals surface area (Å²) in [4.78, 5) is 0. The maximum absolute atomic E-state index is 6.01. The zero-order valence-electron chi connectivity index (χ0n) is 18.4. The van der Waals surface area contributed by atoms with Gasteiger partial charge in [-0.3, -0.25) is 0 Å². The minimum Gasteiger partial charge on any atom is -0.491 e. The molecule has 1 aromatic carbocycles. The number of hydrogen-bond donors (Lipinski definition) is 1. The first-order chi connectivity index (χ1) is 12.7. The molecule has 0 bridgehead atoms. The Morgan fingerprint density at radius 1 is 1.07 bits per heavy atom. The average Bonchev–Trinajstić information content (AvgIpc) is 2.57. The van der Waals surface area contributed by atoms with Crippen molar-refractivity contribution in [3.63, 3.8) is 0 Å². The number of nitrogens with one attached hydrogen (secondary N) is 1. The Hall–Kier alpha value is -1.06. The highest BCUT2D eigenvalue weighted by molar-refractivity contribution is 5.27. The van der Waals surface area contributed by atoms with Gasteiger partial charge < -0.3 is 14.8 Å². The molecule has 0 spiro atoms. The van der Waals surface area contributed by atoms with Crippen molar-refractivity contribution < 1.29 is 9.47 Å². The van der Waals surface area contributed by atoms with Gasteiger partial charge in [0.15, 0.2) is 0 Å². The van der Waals surface area contributed by atoms with E-state index in [2.05, 4.69) is 71.1 Å². The van der Waals surface area contributed by atoms with Crippen LogP contribution in [0.15, 0.2) is 24.3 Å². The van der Waals surface area contributed by atoms with Gasteiger partial charge in [0.05, 0.1) is 11.7 Å². The van der Waals surface area contributed by atoms with Gasteiger partial charge >= 0.3 is 0 Å². The monoisotopic (exact) mass is 375 g/mol. The zero-order valence-corrected chi connectivity index (χ0v) is 18.4. The third kappa shape index (κ3) is 7.83. The summed E-state index contributed by atoms with van der Waals surface area (Å²) in [5.41, 5.74) is 1.75. The molecule has 2 rings (SSSR count). The molecule has 1 aliphatic heterocycles. The number of ether oxygens (including phenoxy) is 2. The van der Waals surface area contributed by atoms with E-state index in [9.17, 15) is 0 Å². The molecule has 1 N–H and O–H groups in total. The van der Waals surface area contributed by atoms with Gasteiger partial charge in [0, 0.05) is 13.2 Å². The van der Waals surface area contributed by atoms with Crippen LogP contribution >= 0.6 is 0 Å². The van der Waals surface area contributed by atoms with Gasteiger partial charge in [-0.15, -0.1) is 0 Å². The highest BCUT2D eigenvalue weighted by Gasteiger charge is 2.40. The van der Waals surface area contributed by atoms with E-state index >= 15 is 0 Å². The third-order valence-electron chi connectivity index (χ3n) is 5.63. The molecule has 1 aromatic rings. The number of hydrogen-bond acceptors (Lipinski definition) is 3. The van der Waals surface area contributed by atoms with Gasteiger partial charge in [-0.2, -0.15) is 0 Å². The molecule has 1 heterocycles. The molecule has 154 valence electrons. The summed E-state index contributed by atoms with van der Waals surface area (Å²) in [7, 11) is 0. The van der Waals surface area contributed by atoms with E-state index < -0.39 is 0 Å². The standard InChI is InChI=1S/C24H41NO2/c1-19(2)11-12-24(14-16-26-23(5,6)18-24)13-15-25-17-21-7-9-22(10-8-21)27-20(3)4/h7-10,19-20,25H,11-18H2,1-6H3/t24-/m0/s1. The van der Waals surface area contributed by atoms with Crippen molar-refractivity contribution in [3.05, 3.63) is 29.8 Å². The predicted molar refractivity (Wildman–Crippen MR) is 114 cm³/mol. The summed E-state index contributed by atoms with van der Waals surface area (Å²) in [5.74, 6) is 1.72. The zero-order chi connectivity index (χ0) is 19.9. The van der Waals surface area contributed by atoms with E-state index in [1.54, 1.807) is 0 Å². The van der Waals surface area contributed by atoms with Crippen LogP contribution in [0.25, 0.3) is 0 Å². The van der Waals surface area contributed by atoms with Crippen LogP contribution in [0.4, 0.5) is 0 Å². The first-order valence-electron chi connectivity index (χ1n) is 10.8. The van der Waals surface area contributed by atoms with Crippen molar-refractivity contribution in [1.29, 1.82) is 0 Å². The van der Waals surface area contributed by atoms with Crippen LogP contribution in [-0.2, 0) is 11.3 Å². The summed E-state index contributed by atoms with van der Waals surface area (Å²) in [6.07, 6.45) is 6.47. The lowest BCUT2D eigenvalue weighted by Gasteiger charge is -2.45. The second-order valence-electron chi connectivity index (χ2n) is 9.70. The van der Waals surface area contributed by atoms with E-state index in [1.807, 2.05) is 0 Å². The van der Waals surface area contributed by atoms with Gasteiger partial charge in [-0.05, 0) is 89.0 Å². The fourth-order valence-electron chi connectivity index (χ4n) is 4.28. The van der Waals surface area contributed by atoms with E-state index in [-0.39, 0.29) is 11.7 Å². The molecule has 0 aliphatic carbocycles. The predicted octanol–water partition coefficient (Wildman–Crippen LogP) is 5.97. The fourth-order valence-corrected chi connectivity index (χ4v) is 4.28. The summed E-state index contributed by atoms with van der Waals surface area (Å²) in [6, 6.07) is 8.47. The van der Waals surface area contributed by atoms with Crippen LogP contribution in [0.1, 0.15) is 79.2 Å². The topological polar surface area (TPSA) is 30.5 Å². The summed E-state index contributed by atoms with van der Waals surface area (Å²) in [5, 5.41) is 3.67. The molecular weight excluding hydrogens is 334 g/mol. The van der Waals surface area contributed by atoms with Gasteiger partial charge in [-0.1, -0.05) is 32.4 Å². The van der Waals surface area contributed by atoms with Crippen molar-refractivity contribution in [2.75, 3.05) is 13.2 Å². The van der Waals surface area contributed by atoms with Crippen molar-refractivity contribution in [3.8, 4) is 5.75 Å². The molecule has 27 heavy (non-hydrogen) atoms. The quantitative estimate of drug-likeness (QED) is 0.511. The molecule has 3 nitrogen and oxygen atoms in total. The Balaban J connectivity index is 1.84. The Morgan fingerprint density at radius 3 is 2.37 bits per heavy atom. The van der Waals surface area contributed by atoms with Crippen molar-refractivity contribution >= 4 is 0 Å². The maximum Gasteiger partial charge on any atom is 0.119 e. The summed E-state index contributed by atoms with van der Waals surface area (Å²) >= 11 is 0. The molecule has 0 amide bonds. The highest BCUT2D eigenvalue weighted by Crippen LogP contribution is 2.45. The van der Waals surface area contributed by atoms with Crippen molar-refractivity contribution in [2.24, 2.45) is 11.3 Å². The van der Waals surface area contributed by atoms with Crippen LogP contribution in [0.5, 0.6) is 5.75 Å². The van der Waals surface area contributed by atoms with Gasteiger partial charge in [-0.25, -0.2) is 0 Å². The molecule has 1 aliphatic rings. The average molecular weight is 376 g/mol. The molecule has 1 fully saturated rings. The number of benzene rings is 1. The smallest absolute Gasteiger partial charge is 0.119 e. The van der Waals surface area contributed by atoms with Gasteiger partial charge in [0.1, 0.15) is 5.75 Å². The normalized spacial score (nSPS) is 22.4. The van der Waals surface area contributed by atoms with Crippen LogP contribution in [0, 0.1) is 11.3 Å². The Kier molecular flexibility index (Phi) is 8.18. The summed E-state index contributed by atoms with van der Waals surface area (Å²) in [6.45, 7) is 16.2. The molecule has 0 unspecified atom stereocenters. The third-order valence-corrected chi connectivity index (χ3v) is 5.63. The fraction of sp³-hybridized carbons (Fsp3) is 0.750. The highest BCUT2D eigenvalue weighted by atomic mass is 16.5. The van der Waals surface area contributed by atoms with Crippen LogP contribution in [0.2, 0.25) is 0 Å². The Morgan fingerprint density at radius 2 is 1.78 bits per heavy atom. The molecule has 0 aromatic heterocycles. The Bertz CT molecular complexity index is 550. The van der Waals surface area contributed by atoms with Gasteiger partial charge in [0.2, 0.25) is 0 Å². The van der Waals surface area contributed by atoms with Crippen LogP contribution in [-0.4, -0.2) is 24.9 Å². The summed E-state index contributed by atoms with van der Waals surface area (Å²) < 4.78 is 11.7. The molecular formula is C24H41NO2. The van der Waals surface area contributed by atoms with Crippen LogP contribution < -0.4 is 10.1 Å². The largest absolute Gasteiger partial charge is 0.491 e. The van der Waals surface area contributed by atoms with Crippen molar-refractivity contribution in [1.82, 2.24) is 5.32 Å². The second-order valence-corrected chi connectivity index (χ2v) is 9.70. The second kappa shape index (κ2) is 9.93. The van der Waals surface area contributed by atoms with E-state index in [0.29, 0.717) is 5.41 Å². The first kappa shape index (κ1) is 22.2. The molecule has 0 radical (unpaired) electrons.